The van der Waals surface area contributed by atoms with Gasteiger partial charge in [-0.05, 0) is 96.5 Å². The molecule has 0 aromatic heterocycles. The third kappa shape index (κ3) is 12.5. The molecule has 0 atom stereocenters. The van der Waals surface area contributed by atoms with Gasteiger partial charge in [0.1, 0.15) is 0 Å². The van der Waals surface area contributed by atoms with E-state index in [1.165, 1.54) is 39.0 Å². The van der Waals surface area contributed by atoms with Crippen LogP contribution in [0.1, 0.15) is 81.1 Å². The standard InChI is InChI=1S/C23H35BrN2O4.C12H9Cl2N/c1-3-11-26(20-9-5-4-6-10-20)16-19-14-18(15-21(24)22(19)25)23(28)30-13-8-7-12-29-17(2)27;13-10-7-4-8-11(14)12(10)15-9-5-2-1-3-6-9/h14-15,20H,3-13,16,25H2,1-2H3;1-8,15H. The smallest absolute Gasteiger partial charge is 0.338 e. The first kappa shape index (κ1) is 36.7. The van der Waals surface area contributed by atoms with Gasteiger partial charge in [0, 0.05) is 29.7 Å². The molecule has 1 aliphatic carbocycles. The first-order valence-electron chi connectivity index (χ1n) is 15.6. The summed E-state index contributed by atoms with van der Waals surface area (Å²) in [5, 5.41) is 4.41. The van der Waals surface area contributed by atoms with Crippen LogP contribution in [0.15, 0.2) is 65.1 Å². The van der Waals surface area contributed by atoms with E-state index in [9.17, 15) is 9.59 Å². The van der Waals surface area contributed by atoms with Crippen molar-refractivity contribution in [2.45, 2.75) is 77.8 Å². The highest BCUT2D eigenvalue weighted by Gasteiger charge is 2.22. The maximum Gasteiger partial charge on any atom is 0.338 e. The summed E-state index contributed by atoms with van der Waals surface area (Å²) in [4.78, 5) is 25.8. The van der Waals surface area contributed by atoms with Gasteiger partial charge >= 0.3 is 11.9 Å². The molecule has 7 nitrogen and oxygen atoms in total. The minimum Gasteiger partial charge on any atom is -0.466 e. The number of halogens is 3. The Kier molecular flexibility index (Phi) is 16.0. The van der Waals surface area contributed by atoms with Gasteiger partial charge in [0.05, 0.1) is 40.2 Å². The molecule has 0 spiro atoms. The summed E-state index contributed by atoms with van der Waals surface area (Å²) in [6, 6.07) is 19.4. The van der Waals surface area contributed by atoms with Crippen LogP contribution in [0.3, 0.4) is 0 Å². The lowest BCUT2D eigenvalue weighted by Crippen LogP contribution is -2.37. The number of carbonyl (C=O) groups excluding carboxylic acids is 2. The molecule has 0 unspecified atom stereocenters. The summed E-state index contributed by atoms with van der Waals surface area (Å²) in [7, 11) is 0. The molecule has 3 aromatic rings. The van der Waals surface area contributed by atoms with Gasteiger partial charge < -0.3 is 20.5 Å². The van der Waals surface area contributed by atoms with Crippen LogP contribution in [0.25, 0.3) is 0 Å². The monoisotopic (exact) mass is 719 g/mol. The van der Waals surface area contributed by atoms with Crippen LogP contribution in [-0.2, 0) is 20.8 Å². The fourth-order valence-electron chi connectivity index (χ4n) is 5.22. The average molecular weight is 722 g/mol. The summed E-state index contributed by atoms with van der Waals surface area (Å²) in [6.07, 6.45) is 8.76. The summed E-state index contributed by atoms with van der Waals surface area (Å²) in [5.74, 6) is -0.652. The second-order valence-electron chi connectivity index (χ2n) is 11.1. The van der Waals surface area contributed by atoms with E-state index in [1.807, 2.05) is 42.5 Å². The third-order valence-corrected chi connectivity index (χ3v) is 8.80. The van der Waals surface area contributed by atoms with Crippen LogP contribution in [-0.4, -0.2) is 42.6 Å². The maximum absolute atomic E-state index is 12.5. The number of nitrogens with zero attached hydrogens (tertiary/aromatic N) is 1. The maximum atomic E-state index is 12.5. The molecule has 4 rings (SSSR count). The van der Waals surface area contributed by atoms with E-state index in [0.29, 0.717) is 53.4 Å². The molecule has 1 aliphatic rings. The van der Waals surface area contributed by atoms with Gasteiger partial charge in [-0.2, -0.15) is 0 Å². The van der Waals surface area contributed by atoms with Gasteiger partial charge in [-0.15, -0.1) is 0 Å². The summed E-state index contributed by atoms with van der Waals surface area (Å²) < 4.78 is 11.0. The number of nitrogens with one attached hydrogen (secondary N) is 1. The highest BCUT2D eigenvalue weighted by Crippen LogP contribution is 2.33. The van der Waals surface area contributed by atoms with Gasteiger partial charge in [-0.1, -0.05) is 73.7 Å². The number of hydrogen-bond donors (Lipinski definition) is 2. The van der Waals surface area contributed by atoms with Crippen molar-refractivity contribution in [3.05, 3.63) is 86.3 Å². The number of ether oxygens (including phenoxy) is 2. The zero-order valence-electron chi connectivity index (χ0n) is 26.1. The molecular formula is C35H44BrCl2N3O4. The lowest BCUT2D eigenvalue weighted by atomic mass is 9.93. The van der Waals surface area contributed by atoms with E-state index >= 15 is 0 Å². The fraction of sp³-hybridized carbons (Fsp3) is 0.429. The quantitative estimate of drug-likeness (QED) is 0.103. The number of hydrogen-bond acceptors (Lipinski definition) is 7. The largest absolute Gasteiger partial charge is 0.466 e. The van der Waals surface area contributed by atoms with Crippen molar-refractivity contribution in [1.29, 1.82) is 0 Å². The lowest BCUT2D eigenvalue weighted by molar-refractivity contribution is -0.141. The molecule has 1 saturated carbocycles. The Balaban J connectivity index is 0.000000305. The Hall–Kier alpha value is -2.78. The van der Waals surface area contributed by atoms with Crippen LogP contribution in [0.2, 0.25) is 10.0 Å². The van der Waals surface area contributed by atoms with Crippen molar-refractivity contribution in [3.8, 4) is 0 Å². The molecule has 0 bridgehead atoms. The van der Waals surface area contributed by atoms with E-state index in [4.69, 9.17) is 38.4 Å². The molecule has 45 heavy (non-hydrogen) atoms. The molecule has 1 fully saturated rings. The SMILES string of the molecule is CCCN(Cc1cc(C(=O)OCCCCOC(C)=O)cc(Br)c1N)C1CCCCC1.Clc1cccc(Cl)c1Nc1ccccc1. The van der Waals surface area contributed by atoms with Crippen LogP contribution in [0, 0.1) is 0 Å². The van der Waals surface area contributed by atoms with Crippen LogP contribution in [0.4, 0.5) is 17.1 Å². The minimum absolute atomic E-state index is 0.293. The van der Waals surface area contributed by atoms with E-state index in [1.54, 1.807) is 18.2 Å². The molecule has 0 aliphatic heterocycles. The van der Waals surface area contributed by atoms with Crippen LogP contribution in [0.5, 0.6) is 0 Å². The fourth-order valence-corrected chi connectivity index (χ4v) is 6.21. The Morgan fingerprint density at radius 3 is 2.22 bits per heavy atom. The zero-order valence-corrected chi connectivity index (χ0v) is 29.2. The number of nitrogens with two attached hydrogens (primary N) is 1. The third-order valence-electron chi connectivity index (χ3n) is 7.51. The Labute approximate surface area is 285 Å². The number of unbranched alkanes of at least 4 members (excludes halogenated alkanes) is 1. The molecular weight excluding hydrogens is 677 g/mol. The summed E-state index contributed by atoms with van der Waals surface area (Å²) in [6.45, 7) is 5.99. The van der Waals surface area contributed by atoms with Crippen LogP contribution < -0.4 is 11.1 Å². The number of benzene rings is 3. The molecule has 3 aromatic carbocycles. The second-order valence-corrected chi connectivity index (χ2v) is 12.7. The van der Waals surface area contributed by atoms with Gasteiger partial charge in [-0.25, -0.2) is 4.79 Å². The van der Waals surface area contributed by atoms with Crippen molar-refractivity contribution in [2.75, 3.05) is 30.8 Å². The molecule has 10 heteroatoms. The average Bonchev–Trinajstić information content (AvgIpc) is 3.03. The zero-order chi connectivity index (χ0) is 32.6. The van der Waals surface area contributed by atoms with Gasteiger partial charge in [-0.3, -0.25) is 9.69 Å². The molecule has 0 heterocycles. The van der Waals surface area contributed by atoms with Crippen molar-refractivity contribution < 1.29 is 19.1 Å². The number of esters is 2. The second kappa shape index (κ2) is 19.7. The Morgan fingerprint density at radius 1 is 0.956 bits per heavy atom. The number of nitrogen functional groups attached to an aromatic ring is 1. The van der Waals surface area contributed by atoms with E-state index in [-0.39, 0.29) is 11.9 Å². The molecule has 244 valence electrons. The van der Waals surface area contributed by atoms with E-state index in [0.717, 1.165) is 40.9 Å². The van der Waals surface area contributed by atoms with Crippen molar-refractivity contribution >= 4 is 68.1 Å². The molecule has 0 radical (unpaired) electrons. The minimum atomic E-state index is -0.357. The van der Waals surface area contributed by atoms with Crippen molar-refractivity contribution in [2.24, 2.45) is 0 Å². The number of anilines is 3. The van der Waals surface area contributed by atoms with Gasteiger partial charge in [0.2, 0.25) is 0 Å². The van der Waals surface area contributed by atoms with E-state index in [2.05, 4.69) is 33.1 Å². The first-order chi connectivity index (χ1) is 21.7. The van der Waals surface area contributed by atoms with Crippen LogP contribution >= 0.6 is 39.1 Å². The normalized spacial score (nSPS) is 13.1. The summed E-state index contributed by atoms with van der Waals surface area (Å²) in [5.41, 5.74) is 10.2. The molecule has 0 amide bonds. The first-order valence-corrected chi connectivity index (χ1v) is 17.1. The van der Waals surface area contributed by atoms with Crippen molar-refractivity contribution in [3.63, 3.8) is 0 Å². The highest BCUT2D eigenvalue weighted by molar-refractivity contribution is 9.10. The highest BCUT2D eigenvalue weighted by atomic mass is 79.9. The Bertz CT molecular complexity index is 1350. The summed E-state index contributed by atoms with van der Waals surface area (Å²) >= 11 is 15.6. The molecule has 0 saturated heterocycles. The van der Waals surface area contributed by atoms with Gasteiger partial charge in [0.25, 0.3) is 0 Å². The number of para-hydroxylation sites is 2. The van der Waals surface area contributed by atoms with Gasteiger partial charge in [0.15, 0.2) is 0 Å². The lowest BCUT2D eigenvalue weighted by Gasteiger charge is -2.34. The predicted molar refractivity (Wildman–Crippen MR) is 188 cm³/mol. The number of rotatable bonds is 13. The predicted octanol–water partition coefficient (Wildman–Crippen LogP) is 9.81. The molecule has 3 N–H and O–H groups in total. The number of carbonyl (C=O) groups is 2. The van der Waals surface area contributed by atoms with Crippen molar-refractivity contribution in [1.82, 2.24) is 4.90 Å². The Morgan fingerprint density at radius 2 is 1.60 bits per heavy atom. The topological polar surface area (TPSA) is 93.9 Å². The van der Waals surface area contributed by atoms with E-state index < -0.39 is 0 Å².